The van der Waals surface area contributed by atoms with E-state index in [0.717, 1.165) is 24.2 Å². The van der Waals surface area contributed by atoms with E-state index in [4.69, 9.17) is 0 Å². The van der Waals surface area contributed by atoms with Gasteiger partial charge in [-0.05, 0) is 39.7 Å². The van der Waals surface area contributed by atoms with Gasteiger partial charge in [0, 0.05) is 31.0 Å². The van der Waals surface area contributed by atoms with Crippen molar-refractivity contribution in [1.29, 1.82) is 0 Å². The Morgan fingerprint density at radius 3 is 2.60 bits per heavy atom. The maximum atomic E-state index is 12.6. The van der Waals surface area contributed by atoms with Gasteiger partial charge in [0.05, 0.1) is 11.4 Å². The normalized spacial score (nSPS) is 15.8. The molecule has 0 atom stereocenters. The summed E-state index contributed by atoms with van der Waals surface area (Å²) in [4.78, 5) is 17.0. The topological polar surface area (TPSA) is 96.7 Å². The lowest BCUT2D eigenvalue weighted by Gasteiger charge is -2.15. The molecule has 1 aliphatic heterocycles. The highest BCUT2D eigenvalue weighted by molar-refractivity contribution is 7.89. The SMILES string of the molecule is Cc1cc(C)n2nc(C)c(C(=O)NCCS(=O)(=O)N3CCCC3)c2n1. The minimum Gasteiger partial charge on any atom is -0.351 e. The molecule has 8 nitrogen and oxygen atoms in total. The van der Waals surface area contributed by atoms with E-state index in [1.807, 2.05) is 19.9 Å². The molecule has 1 saturated heterocycles. The molecule has 0 spiro atoms. The maximum absolute atomic E-state index is 12.6. The fourth-order valence-electron chi connectivity index (χ4n) is 3.17. The lowest BCUT2D eigenvalue weighted by molar-refractivity contribution is 0.0957. The molecule has 1 fully saturated rings. The van der Waals surface area contributed by atoms with Gasteiger partial charge in [0.2, 0.25) is 10.0 Å². The number of aromatic nitrogens is 3. The van der Waals surface area contributed by atoms with E-state index in [1.165, 1.54) is 4.31 Å². The Kier molecular flexibility index (Phi) is 4.79. The van der Waals surface area contributed by atoms with Gasteiger partial charge in [-0.3, -0.25) is 4.79 Å². The fourth-order valence-corrected chi connectivity index (χ4v) is 4.60. The molecule has 136 valence electrons. The Bertz CT molecular complexity index is 913. The zero-order valence-electron chi connectivity index (χ0n) is 14.7. The van der Waals surface area contributed by atoms with Crippen LogP contribution in [0.15, 0.2) is 6.07 Å². The molecule has 1 N–H and O–H groups in total. The van der Waals surface area contributed by atoms with Gasteiger partial charge in [0.15, 0.2) is 5.65 Å². The molecule has 1 aliphatic rings. The lowest BCUT2D eigenvalue weighted by atomic mass is 10.2. The van der Waals surface area contributed by atoms with Crippen LogP contribution in [0.3, 0.4) is 0 Å². The number of carbonyl (C=O) groups excluding carboxylic acids is 1. The van der Waals surface area contributed by atoms with Crippen molar-refractivity contribution in [2.75, 3.05) is 25.4 Å². The Hall–Kier alpha value is -2.00. The van der Waals surface area contributed by atoms with Crippen molar-refractivity contribution >= 4 is 21.6 Å². The quantitative estimate of drug-likeness (QED) is 0.846. The largest absolute Gasteiger partial charge is 0.351 e. The molecule has 3 rings (SSSR count). The number of hydrogen-bond acceptors (Lipinski definition) is 5. The van der Waals surface area contributed by atoms with E-state index in [9.17, 15) is 13.2 Å². The van der Waals surface area contributed by atoms with E-state index in [0.29, 0.717) is 30.0 Å². The Morgan fingerprint density at radius 1 is 1.24 bits per heavy atom. The van der Waals surface area contributed by atoms with Crippen molar-refractivity contribution in [3.63, 3.8) is 0 Å². The maximum Gasteiger partial charge on any atom is 0.257 e. The predicted octanol–water partition coefficient (Wildman–Crippen LogP) is 0.810. The van der Waals surface area contributed by atoms with Gasteiger partial charge in [-0.1, -0.05) is 0 Å². The molecule has 2 aromatic heterocycles. The van der Waals surface area contributed by atoms with E-state index in [2.05, 4.69) is 15.4 Å². The van der Waals surface area contributed by atoms with Crippen LogP contribution in [0.4, 0.5) is 0 Å². The monoisotopic (exact) mass is 365 g/mol. The van der Waals surface area contributed by atoms with Gasteiger partial charge in [0.25, 0.3) is 5.91 Å². The zero-order valence-corrected chi connectivity index (χ0v) is 15.6. The zero-order chi connectivity index (χ0) is 18.2. The molecule has 0 bridgehead atoms. The number of aryl methyl sites for hydroxylation is 3. The summed E-state index contributed by atoms with van der Waals surface area (Å²) in [5.41, 5.74) is 3.15. The molecule has 0 aliphatic carbocycles. The first-order valence-electron chi connectivity index (χ1n) is 8.39. The second-order valence-electron chi connectivity index (χ2n) is 6.41. The van der Waals surface area contributed by atoms with Crippen LogP contribution in [0.25, 0.3) is 5.65 Å². The molecule has 0 aromatic carbocycles. The third-order valence-electron chi connectivity index (χ3n) is 4.40. The Labute approximate surface area is 147 Å². The van der Waals surface area contributed by atoms with E-state index >= 15 is 0 Å². The smallest absolute Gasteiger partial charge is 0.257 e. The second-order valence-corrected chi connectivity index (χ2v) is 8.50. The highest BCUT2D eigenvalue weighted by Gasteiger charge is 2.25. The summed E-state index contributed by atoms with van der Waals surface area (Å²) in [6.45, 7) is 6.73. The lowest BCUT2D eigenvalue weighted by Crippen LogP contribution is -2.36. The van der Waals surface area contributed by atoms with Crippen LogP contribution in [0, 0.1) is 20.8 Å². The van der Waals surface area contributed by atoms with Crippen molar-refractivity contribution in [3.8, 4) is 0 Å². The van der Waals surface area contributed by atoms with Crippen LogP contribution in [-0.4, -0.2) is 58.6 Å². The molecule has 2 aromatic rings. The fraction of sp³-hybridized carbons (Fsp3) is 0.562. The summed E-state index contributed by atoms with van der Waals surface area (Å²) < 4.78 is 27.6. The van der Waals surface area contributed by atoms with Crippen molar-refractivity contribution in [1.82, 2.24) is 24.2 Å². The number of amides is 1. The Morgan fingerprint density at radius 2 is 1.92 bits per heavy atom. The minimum atomic E-state index is -3.31. The van der Waals surface area contributed by atoms with E-state index < -0.39 is 10.0 Å². The number of sulfonamides is 1. The summed E-state index contributed by atoms with van der Waals surface area (Å²) in [7, 11) is -3.31. The number of hydrogen-bond donors (Lipinski definition) is 1. The summed E-state index contributed by atoms with van der Waals surface area (Å²) in [6, 6.07) is 1.89. The van der Waals surface area contributed by atoms with Crippen molar-refractivity contribution in [2.45, 2.75) is 33.6 Å². The van der Waals surface area contributed by atoms with Gasteiger partial charge in [-0.25, -0.2) is 22.2 Å². The van der Waals surface area contributed by atoms with Gasteiger partial charge in [-0.15, -0.1) is 0 Å². The predicted molar refractivity (Wildman–Crippen MR) is 94.1 cm³/mol. The first-order valence-corrected chi connectivity index (χ1v) is 10.00. The van der Waals surface area contributed by atoms with Gasteiger partial charge in [0.1, 0.15) is 5.56 Å². The molecule has 0 unspecified atom stereocenters. The van der Waals surface area contributed by atoms with E-state index in [-0.39, 0.29) is 18.2 Å². The molecule has 0 radical (unpaired) electrons. The second kappa shape index (κ2) is 6.72. The van der Waals surface area contributed by atoms with Crippen LogP contribution in [0.2, 0.25) is 0 Å². The summed E-state index contributed by atoms with van der Waals surface area (Å²) in [5.74, 6) is -0.440. The number of nitrogens with one attached hydrogen (secondary N) is 1. The number of carbonyl (C=O) groups is 1. The average Bonchev–Trinajstić information content (AvgIpc) is 3.15. The molecule has 0 saturated carbocycles. The molecule has 25 heavy (non-hydrogen) atoms. The first kappa shape index (κ1) is 17.8. The standard InChI is InChI=1S/C16H23N5O3S/c1-11-10-12(2)21-15(18-11)14(13(3)19-21)16(22)17-6-9-25(23,24)20-7-4-5-8-20/h10H,4-9H2,1-3H3,(H,17,22). The number of fused-ring (bicyclic) bond motifs is 1. The molecular formula is C16H23N5O3S. The van der Waals surface area contributed by atoms with Crippen molar-refractivity contribution < 1.29 is 13.2 Å². The number of nitrogens with zero attached hydrogens (tertiary/aromatic N) is 4. The summed E-state index contributed by atoms with van der Waals surface area (Å²) >= 11 is 0. The van der Waals surface area contributed by atoms with E-state index in [1.54, 1.807) is 11.4 Å². The third-order valence-corrected chi connectivity index (χ3v) is 6.27. The minimum absolute atomic E-state index is 0.0687. The van der Waals surface area contributed by atoms with Crippen LogP contribution in [0.1, 0.15) is 40.3 Å². The molecule has 3 heterocycles. The van der Waals surface area contributed by atoms with Gasteiger partial charge in [-0.2, -0.15) is 5.10 Å². The van der Waals surface area contributed by atoms with Gasteiger partial charge >= 0.3 is 0 Å². The van der Waals surface area contributed by atoms with Crippen LogP contribution in [-0.2, 0) is 10.0 Å². The molecule has 1 amide bonds. The van der Waals surface area contributed by atoms with Crippen LogP contribution >= 0.6 is 0 Å². The highest BCUT2D eigenvalue weighted by Crippen LogP contribution is 2.16. The molecule has 9 heteroatoms. The summed E-state index contributed by atoms with van der Waals surface area (Å²) in [6.07, 6.45) is 1.80. The van der Waals surface area contributed by atoms with Crippen LogP contribution < -0.4 is 5.32 Å². The van der Waals surface area contributed by atoms with Gasteiger partial charge < -0.3 is 5.32 Å². The van der Waals surface area contributed by atoms with Crippen LogP contribution in [0.5, 0.6) is 0 Å². The van der Waals surface area contributed by atoms with Crippen molar-refractivity contribution in [3.05, 3.63) is 28.7 Å². The highest BCUT2D eigenvalue weighted by atomic mass is 32.2. The van der Waals surface area contributed by atoms with Crippen molar-refractivity contribution in [2.24, 2.45) is 0 Å². The first-order chi connectivity index (χ1) is 11.8. The Balaban J connectivity index is 1.74. The molecular weight excluding hydrogens is 342 g/mol. The third kappa shape index (κ3) is 3.52. The number of rotatable bonds is 5. The summed E-state index contributed by atoms with van der Waals surface area (Å²) in [5, 5.41) is 7.06. The average molecular weight is 365 g/mol.